The molecule has 0 bridgehead atoms. The van der Waals surface area contributed by atoms with Crippen molar-refractivity contribution in [3.8, 4) is 5.75 Å². The van der Waals surface area contributed by atoms with Crippen LogP contribution in [0.3, 0.4) is 0 Å². The second kappa shape index (κ2) is 4.51. The first-order chi connectivity index (χ1) is 6.93. The smallest absolute Gasteiger partial charge is 0.341 e. The van der Waals surface area contributed by atoms with Crippen LogP contribution >= 0.6 is 23.2 Å². The molecule has 1 aromatic carbocycles. The van der Waals surface area contributed by atoms with Gasteiger partial charge in [-0.15, -0.1) is 0 Å². The van der Waals surface area contributed by atoms with Crippen molar-refractivity contribution in [3.63, 3.8) is 0 Å². The van der Waals surface area contributed by atoms with Crippen LogP contribution in [0.1, 0.15) is 17.3 Å². The number of carbonyl (C=O) groups excluding carboxylic acids is 1. The van der Waals surface area contributed by atoms with E-state index in [2.05, 4.69) is 4.74 Å². The number of carbonyl (C=O) groups is 2. The number of esters is 1. The Labute approximate surface area is 95.4 Å². The van der Waals surface area contributed by atoms with Crippen molar-refractivity contribution in [3.05, 3.63) is 27.7 Å². The summed E-state index contributed by atoms with van der Waals surface area (Å²) in [5.41, 5.74) is -0.320. The van der Waals surface area contributed by atoms with Crippen molar-refractivity contribution in [1.29, 1.82) is 0 Å². The third-order valence-corrected chi connectivity index (χ3v) is 2.33. The van der Waals surface area contributed by atoms with Gasteiger partial charge in [0.25, 0.3) is 0 Å². The molecule has 0 aliphatic heterocycles. The first kappa shape index (κ1) is 11.8. The molecular formula is C9H6Cl2O4. The Kier molecular flexibility index (Phi) is 3.55. The molecule has 80 valence electrons. The van der Waals surface area contributed by atoms with Crippen molar-refractivity contribution in [2.24, 2.45) is 0 Å². The molecule has 0 aliphatic carbocycles. The van der Waals surface area contributed by atoms with E-state index < -0.39 is 11.9 Å². The molecule has 6 heteroatoms. The van der Waals surface area contributed by atoms with Crippen molar-refractivity contribution in [2.75, 3.05) is 0 Å². The maximum Gasteiger partial charge on any atom is 0.341 e. The Balaban J connectivity index is 3.33. The summed E-state index contributed by atoms with van der Waals surface area (Å²) < 4.78 is 4.68. The van der Waals surface area contributed by atoms with Crippen molar-refractivity contribution >= 4 is 35.1 Å². The topological polar surface area (TPSA) is 63.6 Å². The summed E-state index contributed by atoms with van der Waals surface area (Å²) >= 11 is 11.3. The van der Waals surface area contributed by atoms with E-state index in [0.717, 1.165) is 6.92 Å². The molecule has 0 saturated carbocycles. The zero-order valence-electron chi connectivity index (χ0n) is 7.58. The number of ether oxygens (including phenoxy) is 1. The highest BCUT2D eigenvalue weighted by atomic mass is 35.5. The Morgan fingerprint density at radius 3 is 2.40 bits per heavy atom. The molecule has 1 rings (SSSR count). The maximum atomic E-state index is 10.8. The molecular weight excluding hydrogens is 243 g/mol. The van der Waals surface area contributed by atoms with Crippen LogP contribution in [0.25, 0.3) is 0 Å². The SMILES string of the molecule is CC(=O)Oc1ccc(Cl)c(Cl)c1C(=O)O. The van der Waals surface area contributed by atoms with Crippen LogP contribution < -0.4 is 4.74 Å². The highest BCUT2D eigenvalue weighted by Gasteiger charge is 2.19. The van der Waals surface area contributed by atoms with Crippen LogP contribution in [-0.4, -0.2) is 17.0 Å². The minimum Gasteiger partial charge on any atom is -0.478 e. The number of aromatic carboxylic acids is 1. The predicted octanol–water partition coefficient (Wildman–Crippen LogP) is 2.62. The predicted molar refractivity (Wildman–Crippen MR) is 54.7 cm³/mol. The summed E-state index contributed by atoms with van der Waals surface area (Å²) in [6.45, 7) is 1.16. The number of halogens is 2. The van der Waals surface area contributed by atoms with Crippen LogP contribution in [0.4, 0.5) is 0 Å². The summed E-state index contributed by atoms with van der Waals surface area (Å²) in [4.78, 5) is 21.5. The van der Waals surface area contributed by atoms with Gasteiger partial charge >= 0.3 is 11.9 Å². The fourth-order valence-electron chi connectivity index (χ4n) is 0.972. The maximum absolute atomic E-state index is 10.8. The first-order valence-corrected chi connectivity index (χ1v) is 4.58. The monoisotopic (exact) mass is 248 g/mol. The number of hydrogen-bond acceptors (Lipinski definition) is 3. The van der Waals surface area contributed by atoms with E-state index in [9.17, 15) is 9.59 Å². The van der Waals surface area contributed by atoms with Gasteiger partial charge in [-0.05, 0) is 12.1 Å². The molecule has 0 aliphatic rings. The molecule has 15 heavy (non-hydrogen) atoms. The Morgan fingerprint density at radius 2 is 1.93 bits per heavy atom. The quantitative estimate of drug-likeness (QED) is 0.646. The van der Waals surface area contributed by atoms with Gasteiger partial charge in [-0.3, -0.25) is 4.79 Å². The third kappa shape index (κ3) is 2.61. The minimum absolute atomic E-state index is 0.0879. The molecule has 4 nitrogen and oxygen atoms in total. The van der Waals surface area contributed by atoms with Crippen molar-refractivity contribution in [2.45, 2.75) is 6.92 Å². The van der Waals surface area contributed by atoms with Gasteiger partial charge in [0, 0.05) is 6.92 Å². The number of carboxylic acids is 1. The van der Waals surface area contributed by atoms with Gasteiger partial charge in [0.2, 0.25) is 0 Å². The summed E-state index contributed by atoms with van der Waals surface area (Å²) in [6, 6.07) is 2.63. The fourth-order valence-corrected chi connectivity index (χ4v) is 1.37. The lowest BCUT2D eigenvalue weighted by molar-refractivity contribution is -0.131. The van der Waals surface area contributed by atoms with E-state index in [-0.39, 0.29) is 21.4 Å². The molecule has 0 unspecified atom stereocenters. The first-order valence-electron chi connectivity index (χ1n) is 3.83. The van der Waals surface area contributed by atoms with Crippen LogP contribution in [-0.2, 0) is 4.79 Å². The van der Waals surface area contributed by atoms with Gasteiger partial charge in [-0.2, -0.15) is 0 Å². The van der Waals surface area contributed by atoms with E-state index in [1.54, 1.807) is 0 Å². The van der Waals surface area contributed by atoms with Gasteiger partial charge in [0.15, 0.2) is 0 Å². The zero-order chi connectivity index (χ0) is 11.6. The van der Waals surface area contributed by atoms with E-state index >= 15 is 0 Å². The lowest BCUT2D eigenvalue weighted by atomic mass is 10.2. The Morgan fingerprint density at radius 1 is 1.33 bits per heavy atom. The standard InChI is InChI=1S/C9H6Cl2O4/c1-4(12)15-6-3-2-5(10)8(11)7(6)9(13)14/h2-3H,1H3,(H,13,14). The van der Waals surface area contributed by atoms with Gasteiger partial charge < -0.3 is 9.84 Å². The second-order valence-corrected chi connectivity index (χ2v) is 3.42. The molecule has 0 atom stereocenters. The van der Waals surface area contributed by atoms with Crippen molar-refractivity contribution < 1.29 is 19.4 Å². The van der Waals surface area contributed by atoms with E-state index in [1.807, 2.05) is 0 Å². The van der Waals surface area contributed by atoms with Crippen molar-refractivity contribution in [1.82, 2.24) is 0 Å². The van der Waals surface area contributed by atoms with Gasteiger partial charge in [0.1, 0.15) is 11.3 Å². The molecule has 0 saturated heterocycles. The van der Waals surface area contributed by atoms with E-state index in [0.29, 0.717) is 0 Å². The third-order valence-electron chi connectivity index (χ3n) is 1.52. The molecule has 0 fully saturated rings. The molecule has 0 amide bonds. The van der Waals surface area contributed by atoms with E-state index in [4.69, 9.17) is 28.3 Å². The number of carboxylic acid groups (broad SMARTS) is 1. The molecule has 1 aromatic rings. The van der Waals surface area contributed by atoms with E-state index in [1.165, 1.54) is 12.1 Å². The second-order valence-electron chi connectivity index (χ2n) is 2.63. The van der Waals surface area contributed by atoms with Crippen LogP contribution in [0.15, 0.2) is 12.1 Å². The fraction of sp³-hybridized carbons (Fsp3) is 0.111. The summed E-state index contributed by atoms with van der Waals surface area (Å²) in [6.07, 6.45) is 0. The molecule has 0 heterocycles. The number of rotatable bonds is 2. The molecule has 1 N–H and O–H groups in total. The summed E-state index contributed by atoms with van der Waals surface area (Å²) in [5, 5.41) is 8.79. The molecule has 0 spiro atoms. The van der Waals surface area contributed by atoms with Crippen LogP contribution in [0, 0.1) is 0 Å². The largest absolute Gasteiger partial charge is 0.478 e. The lowest BCUT2D eigenvalue weighted by Crippen LogP contribution is -2.08. The highest BCUT2D eigenvalue weighted by molar-refractivity contribution is 6.44. The lowest BCUT2D eigenvalue weighted by Gasteiger charge is -2.07. The van der Waals surface area contributed by atoms with Crippen LogP contribution in [0.2, 0.25) is 10.0 Å². The minimum atomic E-state index is -1.31. The molecule has 0 aromatic heterocycles. The van der Waals surface area contributed by atoms with Gasteiger partial charge in [0.05, 0.1) is 10.0 Å². The Bertz CT molecular complexity index is 428. The summed E-state index contributed by atoms with van der Waals surface area (Å²) in [7, 11) is 0. The number of benzene rings is 1. The number of hydrogen-bond donors (Lipinski definition) is 1. The Hall–Kier alpha value is -1.26. The van der Waals surface area contributed by atoms with Gasteiger partial charge in [-0.1, -0.05) is 23.2 Å². The average Bonchev–Trinajstić information content (AvgIpc) is 2.10. The van der Waals surface area contributed by atoms with Gasteiger partial charge in [-0.25, -0.2) is 4.79 Å². The average molecular weight is 249 g/mol. The highest BCUT2D eigenvalue weighted by Crippen LogP contribution is 2.32. The molecule has 0 radical (unpaired) electrons. The summed E-state index contributed by atoms with van der Waals surface area (Å²) in [5.74, 6) is -2.06. The van der Waals surface area contributed by atoms with Crippen LogP contribution in [0.5, 0.6) is 5.75 Å². The normalized spacial score (nSPS) is 9.80. The zero-order valence-corrected chi connectivity index (χ0v) is 9.09.